The fraction of sp³-hybridized carbons (Fsp3) is 0.300. The zero-order chi connectivity index (χ0) is 13.2. The van der Waals surface area contributed by atoms with Gasteiger partial charge in [-0.3, -0.25) is 4.68 Å². The average molecular weight is 306 g/mol. The highest BCUT2D eigenvalue weighted by Gasteiger charge is 2.16. The number of nitrogens with one attached hydrogen (secondary N) is 1. The summed E-state index contributed by atoms with van der Waals surface area (Å²) in [5.74, 6) is 0. The molecule has 18 heavy (non-hydrogen) atoms. The van der Waals surface area contributed by atoms with E-state index in [4.69, 9.17) is 11.6 Å². The lowest BCUT2D eigenvalue weighted by Crippen LogP contribution is -2.22. The summed E-state index contributed by atoms with van der Waals surface area (Å²) in [5, 5.41) is 4.20. The monoisotopic (exact) mass is 305 g/mol. The first-order chi connectivity index (χ1) is 8.51. The van der Waals surface area contributed by atoms with Crippen molar-refractivity contribution >= 4 is 33.0 Å². The van der Waals surface area contributed by atoms with Crippen LogP contribution < -0.4 is 4.72 Å². The molecule has 2 heterocycles. The van der Waals surface area contributed by atoms with Gasteiger partial charge in [0.25, 0.3) is 0 Å². The first-order valence-electron chi connectivity index (χ1n) is 5.28. The Balaban J connectivity index is 2.05. The van der Waals surface area contributed by atoms with E-state index >= 15 is 0 Å². The van der Waals surface area contributed by atoms with E-state index in [0.717, 1.165) is 17.9 Å². The Bertz CT molecular complexity index is 633. The van der Waals surface area contributed by atoms with E-state index in [-0.39, 0.29) is 10.8 Å². The Morgan fingerprint density at radius 2 is 2.22 bits per heavy atom. The Morgan fingerprint density at radius 1 is 1.44 bits per heavy atom. The Kier molecular flexibility index (Phi) is 4.06. The molecule has 0 atom stereocenters. The number of rotatable bonds is 5. The van der Waals surface area contributed by atoms with Crippen molar-refractivity contribution in [3.05, 3.63) is 34.4 Å². The maximum absolute atomic E-state index is 11.9. The molecule has 0 aromatic carbocycles. The summed E-state index contributed by atoms with van der Waals surface area (Å²) in [7, 11) is -3.50. The zero-order valence-electron chi connectivity index (χ0n) is 9.63. The second-order valence-corrected chi connectivity index (χ2v) is 7.25. The fourth-order valence-electron chi connectivity index (χ4n) is 1.36. The molecule has 0 saturated carbocycles. The molecule has 8 heteroatoms. The number of thiophene rings is 1. The van der Waals surface area contributed by atoms with Crippen molar-refractivity contribution in [1.82, 2.24) is 14.5 Å². The van der Waals surface area contributed by atoms with Crippen molar-refractivity contribution in [2.24, 2.45) is 0 Å². The normalized spacial score (nSPS) is 11.9. The summed E-state index contributed by atoms with van der Waals surface area (Å²) in [6.07, 6.45) is 1.81. The van der Waals surface area contributed by atoms with Gasteiger partial charge in [0.1, 0.15) is 4.21 Å². The van der Waals surface area contributed by atoms with E-state index in [1.807, 2.05) is 13.1 Å². The lowest BCUT2D eigenvalue weighted by atomic mass is 10.4. The van der Waals surface area contributed by atoms with Crippen molar-refractivity contribution in [1.29, 1.82) is 0 Å². The molecule has 0 amide bonds. The first kappa shape index (κ1) is 13.5. The molecule has 0 aliphatic heterocycles. The lowest BCUT2D eigenvalue weighted by molar-refractivity contribution is 0.580. The Morgan fingerprint density at radius 3 is 2.78 bits per heavy atom. The summed E-state index contributed by atoms with van der Waals surface area (Å²) in [5.41, 5.74) is 0.683. The van der Waals surface area contributed by atoms with Crippen LogP contribution in [-0.2, 0) is 23.1 Å². The third-order valence-corrected chi connectivity index (χ3v) is 5.40. The smallest absolute Gasteiger partial charge is 0.250 e. The summed E-state index contributed by atoms with van der Waals surface area (Å²) in [6.45, 7) is 2.90. The minimum atomic E-state index is -3.50. The van der Waals surface area contributed by atoms with E-state index in [2.05, 4.69) is 9.82 Å². The molecule has 5 nitrogen and oxygen atoms in total. The summed E-state index contributed by atoms with van der Waals surface area (Å²) in [6, 6.07) is 4.83. The maximum atomic E-state index is 11.9. The third-order valence-electron chi connectivity index (χ3n) is 2.28. The molecule has 2 aromatic heterocycles. The predicted molar refractivity (Wildman–Crippen MR) is 71.3 cm³/mol. The Labute approximate surface area is 114 Å². The molecule has 0 bridgehead atoms. The minimum absolute atomic E-state index is 0.171. The van der Waals surface area contributed by atoms with Crippen LogP contribution in [0.15, 0.2) is 28.6 Å². The van der Waals surface area contributed by atoms with Gasteiger partial charge in [-0.25, -0.2) is 13.1 Å². The number of aryl methyl sites for hydroxylation is 1. The number of aromatic nitrogens is 2. The van der Waals surface area contributed by atoms with E-state index in [9.17, 15) is 8.42 Å². The quantitative estimate of drug-likeness (QED) is 0.920. The molecule has 0 aliphatic rings. The van der Waals surface area contributed by atoms with Crippen LogP contribution in [-0.4, -0.2) is 18.2 Å². The molecule has 0 saturated heterocycles. The van der Waals surface area contributed by atoms with Crippen molar-refractivity contribution in [2.75, 3.05) is 0 Å². The maximum Gasteiger partial charge on any atom is 0.250 e. The largest absolute Gasteiger partial charge is 0.273 e. The number of hydrogen-bond donors (Lipinski definition) is 1. The summed E-state index contributed by atoms with van der Waals surface area (Å²) >= 11 is 6.75. The van der Waals surface area contributed by atoms with Crippen LogP contribution in [0.25, 0.3) is 0 Å². The molecule has 1 N–H and O–H groups in total. The van der Waals surface area contributed by atoms with Crippen LogP contribution in [0.5, 0.6) is 0 Å². The number of sulfonamides is 1. The van der Waals surface area contributed by atoms with Gasteiger partial charge < -0.3 is 0 Å². The average Bonchev–Trinajstić information content (AvgIpc) is 2.95. The van der Waals surface area contributed by atoms with Crippen LogP contribution in [0.3, 0.4) is 0 Å². The van der Waals surface area contributed by atoms with Crippen LogP contribution in [0.1, 0.15) is 12.6 Å². The topological polar surface area (TPSA) is 64.0 Å². The number of nitrogens with zero attached hydrogens (tertiary/aromatic N) is 2. The first-order valence-corrected chi connectivity index (χ1v) is 7.96. The van der Waals surface area contributed by atoms with Gasteiger partial charge in [0.15, 0.2) is 0 Å². The summed E-state index contributed by atoms with van der Waals surface area (Å²) < 4.78 is 28.7. The molecule has 0 unspecified atom stereocenters. The predicted octanol–water partition coefficient (Wildman–Crippen LogP) is 2.10. The molecule has 2 rings (SSSR count). The minimum Gasteiger partial charge on any atom is -0.273 e. The second kappa shape index (κ2) is 5.40. The highest BCUT2D eigenvalue weighted by molar-refractivity contribution is 7.91. The van der Waals surface area contributed by atoms with Crippen molar-refractivity contribution < 1.29 is 8.42 Å². The number of hydrogen-bond acceptors (Lipinski definition) is 4. The molecule has 98 valence electrons. The van der Waals surface area contributed by atoms with Gasteiger partial charge in [-0.1, -0.05) is 11.6 Å². The van der Waals surface area contributed by atoms with E-state index in [1.54, 1.807) is 16.8 Å². The molecular formula is C10H12ClN3O2S2. The molecule has 0 spiro atoms. The second-order valence-electron chi connectivity index (χ2n) is 3.55. The van der Waals surface area contributed by atoms with Crippen molar-refractivity contribution in [3.63, 3.8) is 0 Å². The SMILES string of the molecule is CCn1ccc(CNS(=O)(=O)c2ccc(Cl)s2)n1. The van der Waals surface area contributed by atoms with Crippen LogP contribution >= 0.6 is 22.9 Å². The van der Waals surface area contributed by atoms with Gasteiger partial charge in [-0.2, -0.15) is 5.10 Å². The Hall–Kier alpha value is -0.890. The highest BCUT2D eigenvalue weighted by atomic mass is 35.5. The lowest BCUT2D eigenvalue weighted by Gasteiger charge is -2.02. The standard InChI is InChI=1S/C10H12ClN3O2S2/c1-2-14-6-5-8(13-14)7-12-18(15,16)10-4-3-9(11)17-10/h3-6,12H,2,7H2,1H3. The van der Waals surface area contributed by atoms with Gasteiger partial charge in [0.05, 0.1) is 16.6 Å². The van der Waals surface area contributed by atoms with Gasteiger partial charge in [-0.15, -0.1) is 11.3 Å². The highest BCUT2D eigenvalue weighted by Crippen LogP contribution is 2.25. The molecule has 2 aromatic rings. The van der Waals surface area contributed by atoms with E-state index in [0.29, 0.717) is 10.0 Å². The van der Waals surface area contributed by atoms with Gasteiger partial charge >= 0.3 is 0 Å². The number of halogens is 1. The fourth-order valence-corrected chi connectivity index (χ4v) is 3.88. The molecular weight excluding hydrogens is 294 g/mol. The van der Waals surface area contributed by atoms with Gasteiger partial charge in [-0.05, 0) is 25.1 Å². The molecule has 0 fully saturated rings. The van der Waals surface area contributed by atoms with Gasteiger partial charge in [0.2, 0.25) is 10.0 Å². The van der Waals surface area contributed by atoms with Gasteiger partial charge in [0, 0.05) is 12.7 Å². The summed E-state index contributed by atoms with van der Waals surface area (Å²) in [4.78, 5) is 0. The zero-order valence-corrected chi connectivity index (χ0v) is 12.0. The third kappa shape index (κ3) is 3.11. The van der Waals surface area contributed by atoms with E-state index < -0.39 is 10.0 Å². The van der Waals surface area contributed by atoms with Crippen LogP contribution in [0.2, 0.25) is 4.34 Å². The van der Waals surface area contributed by atoms with Crippen molar-refractivity contribution in [2.45, 2.75) is 24.2 Å². The van der Waals surface area contributed by atoms with Crippen LogP contribution in [0, 0.1) is 0 Å². The van der Waals surface area contributed by atoms with Crippen LogP contribution in [0.4, 0.5) is 0 Å². The molecule has 0 radical (unpaired) electrons. The van der Waals surface area contributed by atoms with E-state index in [1.165, 1.54) is 6.07 Å². The molecule has 0 aliphatic carbocycles. The van der Waals surface area contributed by atoms with Crippen molar-refractivity contribution in [3.8, 4) is 0 Å².